The van der Waals surface area contributed by atoms with Crippen molar-refractivity contribution in [1.29, 1.82) is 0 Å². The van der Waals surface area contributed by atoms with Gasteiger partial charge in [-0.15, -0.1) is 0 Å². The molecule has 0 heterocycles. The number of hydrogen-bond acceptors (Lipinski definition) is 4. The number of carboxylic acid groups (broad SMARTS) is 1. The number of aliphatic hydroxyl groups excluding tert-OH is 1. The molecule has 21 heavy (non-hydrogen) atoms. The van der Waals surface area contributed by atoms with Crippen LogP contribution in [-0.2, 0) is 0 Å². The number of methoxy groups -OCH3 is 1. The molecule has 1 saturated carbocycles. The summed E-state index contributed by atoms with van der Waals surface area (Å²) in [5.74, 6) is -1.49. The maximum atomic E-state index is 12.3. The molecule has 1 aromatic rings. The van der Waals surface area contributed by atoms with E-state index in [-0.39, 0.29) is 21.9 Å². The van der Waals surface area contributed by atoms with E-state index in [4.69, 9.17) is 21.4 Å². The van der Waals surface area contributed by atoms with E-state index >= 15 is 0 Å². The van der Waals surface area contributed by atoms with E-state index in [2.05, 4.69) is 5.32 Å². The van der Waals surface area contributed by atoms with Crippen LogP contribution in [0.15, 0.2) is 12.1 Å². The molecule has 1 aromatic carbocycles. The molecule has 7 heteroatoms. The quantitative estimate of drug-likeness (QED) is 0.786. The van der Waals surface area contributed by atoms with Crippen molar-refractivity contribution in [1.82, 2.24) is 5.32 Å². The fourth-order valence-electron chi connectivity index (χ4n) is 2.46. The number of aromatic carboxylic acids is 1. The second-order valence-corrected chi connectivity index (χ2v) is 5.80. The first-order valence-corrected chi connectivity index (χ1v) is 6.75. The highest BCUT2D eigenvalue weighted by Crippen LogP contribution is 2.33. The van der Waals surface area contributed by atoms with Crippen LogP contribution >= 0.6 is 11.6 Å². The van der Waals surface area contributed by atoms with E-state index < -0.39 is 23.5 Å². The number of nitrogens with one attached hydrogen (secondary N) is 1. The summed E-state index contributed by atoms with van der Waals surface area (Å²) in [6.45, 7) is 1.81. The van der Waals surface area contributed by atoms with Crippen LogP contribution in [0.1, 0.15) is 40.5 Å². The Morgan fingerprint density at radius 2 is 1.95 bits per heavy atom. The molecule has 3 N–H and O–H groups in total. The van der Waals surface area contributed by atoms with Gasteiger partial charge in [0.05, 0.1) is 29.4 Å². The van der Waals surface area contributed by atoms with Crippen LogP contribution in [0.2, 0.25) is 5.02 Å². The highest BCUT2D eigenvalue weighted by atomic mass is 35.5. The van der Waals surface area contributed by atoms with Crippen molar-refractivity contribution < 1.29 is 24.5 Å². The molecule has 114 valence electrons. The smallest absolute Gasteiger partial charge is 0.337 e. The number of rotatable bonds is 4. The lowest BCUT2D eigenvalue weighted by atomic mass is 9.76. The van der Waals surface area contributed by atoms with Gasteiger partial charge in [-0.3, -0.25) is 4.79 Å². The maximum absolute atomic E-state index is 12.3. The molecule has 0 bridgehead atoms. The highest BCUT2D eigenvalue weighted by Gasteiger charge is 2.40. The summed E-state index contributed by atoms with van der Waals surface area (Å²) < 4.78 is 5.00. The number of aliphatic hydroxyl groups is 1. The maximum Gasteiger partial charge on any atom is 0.337 e. The number of benzene rings is 1. The minimum atomic E-state index is -1.24. The van der Waals surface area contributed by atoms with Crippen molar-refractivity contribution in [3.05, 3.63) is 28.3 Å². The second-order valence-electron chi connectivity index (χ2n) is 5.42. The average molecular weight is 314 g/mol. The Morgan fingerprint density at radius 3 is 2.43 bits per heavy atom. The van der Waals surface area contributed by atoms with Crippen LogP contribution in [0.4, 0.5) is 0 Å². The monoisotopic (exact) mass is 313 g/mol. The lowest BCUT2D eigenvalue weighted by molar-refractivity contribution is 0.0128. The van der Waals surface area contributed by atoms with Gasteiger partial charge in [-0.05, 0) is 31.9 Å². The van der Waals surface area contributed by atoms with Gasteiger partial charge in [0.25, 0.3) is 5.91 Å². The van der Waals surface area contributed by atoms with Gasteiger partial charge >= 0.3 is 5.97 Å². The normalized spacial score (nSPS) is 24.1. The molecule has 0 unspecified atom stereocenters. The van der Waals surface area contributed by atoms with Gasteiger partial charge in [0.1, 0.15) is 5.75 Å². The first-order chi connectivity index (χ1) is 9.75. The Kier molecular flexibility index (Phi) is 4.11. The van der Waals surface area contributed by atoms with Crippen LogP contribution < -0.4 is 10.1 Å². The molecule has 0 aliphatic heterocycles. The lowest BCUT2D eigenvalue weighted by Crippen LogP contribution is -2.57. The summed E-state index contributed by atoms with van der Waals surface area (Å²) in [7, 11) is 1.38. The van der Waals surface area contributed by atoms with Gasteiger partial charge in [0, 0.05) is 5.54 Å². The molecule has 0 saturated heterocycles. The number of carboxylic acids is 1. The molecule has 1 aliphatic carbocycles. The van der Waals surface area contributed by atoms with Crippen molar-refractivity contribution in [2.24, 2.45) is 0 Å². The van der Waals surface area contributed by atoms with Crippen molar-refractivity contribution in [2.45, 2.75) is 31.4 Å². The molecule has 2 rings (SSSR count). The predicted molar refractivity (Wildman–Crippen MR) is 76.1 cm³/mol. The van der Waals surface area contributed by atoms with Gasteiger partial charge in [0.2, 0.25) is 0 Å². The van der Waals surface area contributed by atoms with Crippen molar-refractivity contribution in [3.63, 3.8) is 0 Å². The van der Waals surface area contributed by atoms with Crippen LogP contribution in [0, 0.1) is 0 Å². The Morgan fingerprint density at radius 1 is 1.38 bits per heavy atom. The summed E-state index contributed by atoms with van der Waals surface area (Å²) >= 11 is 6.00. The van der Waals surface area contributed by atoms with E-state index in [1.807, 2.05) is 6.92 Å². The molecular weight excluding hydrogens is 298 g/mol. The number of carbonyl (C=O) groups excluding carboxylic acids is 1. The molecule has 0 atom stereocenters. The van der Waals surface area contributed by atoms with Crippen LogP contribution in [-0.4, -0.2) is 40.8 Å². The average Bonchev–Trinajstić information content (AvgIpc) is 2.36. The minimum absolute atomic E-state index is 0.0380. The van der Waals surface area contributed by atoms with E-state index in [0.717, 1.165) is 0 Å². The van der Waals surface area contributed by atoms with Crippen molar-refractivity contribution in [2.75, 3.05) is 7.11 Å². The lowest BCUT2D eigenvalue weighted by Gasteiger charge is -2.43. The summed E-state index contributed by atoms with van der Waals surface area (Å²) in [5.41, 5.74) is -0.664. The van der Waals surface area contributed by atoms with Crippen LogP contribution in [0.25, 0.3) is 0 Å². The third kappa shape index (κ3) is 3.11. The van der Waals surface area contributed by atoms with Gasteiger partial charge in [-0.1, -0.05) is 11.6 Å². The summed E-state index contributed by atoms with van der Waals surface area (Å²) in [6, 6.07) is 2.65. The van der Waals surface area contributed by atoms with Gasteiger partial charge < -0.3 is 20.3 Å². The number of amides is 1. The fourth-order valence-corrected chi connectivity index (χ4v) is 2.74. The SMILES string of the molecule is COc1cc(C(=O)O)c(Cl)c(C(=O)NC2(C)CC(O)C2)c1. The van der Waals surface area contributed by atoms with Gasteiger partial charge in [-0.2, -0.15) is 0 Å². The van der Waals surface area contributed by atoms with Gasteiger partial charge in [-0.25, -0.2) is 4.79 Å². The summed E-state index contributed by atoms with van der Waals surface area (Å²) in [5, 5.41) is 21.1. The Labute approximate surface area is 126 Å². The number of hydrogen-bond donors (Lipinski definition) is 3. The topological polar surface area (TPSA) is 95.9 Å². The molecule has 1 amide bonds. The highest BCUT2D eigenvalue weighted by molar-refractivity contribution is 6.36. The Hall–Kier alpha value is -1.79. The molecule has 0 aromatic heterocycles. The van der Waals surface area contributed by atoms with Crippen molar-refractivity contribution >= 4 is 23.5 Å². The number of ether oxygens (including phenoxy) is 1. The predicted octanol–water partition coefficient (Wildman–Crippen LogP) is 1.69. The zero-order valence-electron chi connectivity index (χ0n) is 11.6. The zero-order chi connectivity index (χ0) is 15.8. The Balaban J connectivity index is 2.32. The third-order valence-electron chi connectivity index (χ3n) is 3.54. The first kappa shape index (κ1) is 15.6. The second kappa shape index (κ2) is 5.54. The molecule has 0 spiro atoms. The molecule has 1 fully saturated rings. The molecule has 1 aliphatic rings. The number of halogens is 1. The summed E-state index contributed by atoms with van der Waals surface area (Å²) in [4.78, 5) is 23.5. The van der Waals surface area contributed by atoms with Crippen molar-refractivity contribution in [3.8, 4) is 5.75 Å². The van der Waals surface area contributed by atoms with E-state index in [1.165, 1.54) is 19.2 Å². The molecule has 6 nitrogen and oxygen atoms in total. The number of carbonyl (C=O) groups is 2. The first-order valence-electron chi connectivity index (χ1n) is 6.37. The molecule has 0 radical (unpaired) electrons. The summed E-state index contributed by atoms with van der Waals surface area (Å²) in [6.07, 6.45) is 0.476. The van der Waals surface area contributed by atoms with E-state index in [1.54, 1.807) is 0 Å². The zero-order valence-corrected chi connectivity index (χ0v) is 12.4. The standard InChI is InChI=1S/C14H16ClNO5/c1-14(5-7(17)6-14)16-12(18)9-3-8(21-2)4-10(11(9)15)13(19)20/h3-4,7,17H,5-6H2,1-2H3,(H,16,18)(H,19,20). The third-order valence-corrected chi connectivity index (χ3v) is 3.95. The van der Waals surface area contributed by atoms with Crippen LogP contribution in [0.5, 0.6) is 5.75 Å². The Bertz CT molecular complexity index is 595. The largest absolute Gasteiger partial charge is 0.497 e. The minimum Gasteiger partial charge on any atom is -0.497 e. The van der Waals surface area contributed by atoms with Gasteiger partial charge in [0.15, 0.2) is 0 Å². The fraction of sp³-hybridized carbons (Fsp3) is 0.429. The van der Waals surface area contributed by atoms with E-state index in [9.17, 15) is 14.7 Å². The van der Waals surface area contributed by atoms with Crippen LogP contribution in [0.3, 0.4) is 0 Å². The van der Waals surface area contributed by atoms with E-state index in [0.29, 0.717) is 12.8 Å². The molecular formula is C14H16ClNO5.